The second kappa shape index (κ2) is 2.79. The number of aromatic nitrogens is 1. The molecule has 5 heteroatoms. The van der Waals surface area contributed by atoms with E-state index in [9.17, 15) is 8.78 Å². The van der Waals surface area contributed by atoms with Crippen LogP contribution in [0.25, 0.3) is 0 Å². The van der Waals surface area contributed by atoms with E-state index in [1.165, 1.54) is 18.3 Å². The molecule has 0 aliphatic rings. The molecule has 0 aromatic carbocycles. The summed E-state index contributed by atoms with van der Waals surface area (Å²) >= 11 is 0. The van der Waals surface area contributed by atoms with Crippen molar-refractivity contribution in [3.63, 3.8) is 0 Å². The van der Waals surface area contributed by atoms with Crippen LogP contribution in [0.2, 0.25) is 0 Å². The molecule has 1 heterocycles. The standard InChI is InChI=1S/C6H6F2N2O/c7-6(8,9)11-5-3-1-2-4-10-5/h1-4H,9H2. The van der Waals surface area contributed by atoms with Crippen LogP contribution in [0.3, 0.4) is 0 Å². The molecule has 1 aromatic rings. The van der Waals surface area contributed by atoms with E-state index in [4.69, 9.17) is 0 Å². The van der Waals surface area contributed by atoms with E-state index < -0.39 is 6.23 Å². The van der Waals surface area contributed by atoms with Gasteiger partial charge in [-0.1, -0.05) is 6.07 Å². The Morgan fingerprint density at radius 2 is 2.18 bits per heavy atom. The minimum Gasteiger partial charge on any atom is -0.402 e. The van der Waals surface area contributed by atoms with E-state index in [0.717, 1.165) is 0 Å². The van der Waals surface area contributed by atoms with Crippen molar-refractivity contribution in [1.82, 2.24) is 4.98 Å². The van der Waals surface area contributed by atoms with Crippen molar-refractivity contribution in [3.8, 4) is 5.88 Å². The van der Waals surface area contributed by atoms with Crippen molar-refractivity contribution < 1.29 is 13.5 Å². The molecule has 60 valence electrons. The summed E-state index contributed by atoms with van der Waals surface area (Å²) in [5, 5.41) is 0. The number of rotatable bonds is 2. The third-order valence-corrected chi connectivity index (χ3v) is 0.878. The highest BCUT2D eigenvalue weighted by atomic mass is 19.3. The summed E-state index contributed by atoms with van der Waals surface area (Å²) in [6.45, 7) is 0. The fourth-order valence-electron chi connectivity index (χ4n) is 0.547. The Kier molecular flexibility index (Phi) is 2.00. The molecule has 0 unspecified atom stereocenters. The molecule has 0 amide bonds. The highest BCUT2D eigenvalue weighted by Crippen LogP contribution is 2.12. The minimum atomic E-state index is -3.66. The molecule has 0 saturated heterocycles. The number of hydrogen-bond donors (Lipinski definition) is 1. The zero-order valence-corrected chi connectivity index (χ0v) is 5.50. The van der Waals surface area contributed by atoms with Gasteiger partial charge in [-0.05, 0) is 6.07 Å². The summed E-state index contributed by atoms with van der Waals surface area (Å²) in [6, 6.07) is 4.40. The Labute approximate surface area is 61.8 Å². The molecular weight excluding hydrogens is 154 g/mol. The van der Waals surface area contributed by atoms with Gasteiger partial charge >= 0.3 is 6.23 Å². The summed E-state index contributed by atoms with van der Waals surface area (Å²) in [4.78, 5) is 3.48. The zero-order chi connectivity index (χ0) is 8.32. The van der Waals surface area contributed by atoms with Gasteiger partial charge in [0.05, 0.1) is 0 Å². The molecule has 0 spiro atoms. The molecule has 0 saturated carbocycles. The van der Waals surface area contributed by atoms with Crippen molar-refractivity contribution in [2.24, 2.45) is 5.73 Å². The molecule has 0 radical (unpaired) electrons. The monoisotopic (exact) mass is 160 g/mol. The third kappa shape index (κ3) is 2.90. The van der Waals surface area contributed by atoms with Gasteiger partial charge in [-0.2, -0.15) is 0 Å². The first-order valence-electron chi connectivity index (χ1n) is 2.85. The van der Waals surface area contributed by atoms with Gasteiger partial charge in [0.25, 0.3) is 0 Å². The van der Waals surface area contributed by atoms with Crippen LogP contribution >= 0.6 is 0 Å². The van der Waals surface area contributed by atoms with E-state index in [0.29, 0.717) is 0 Å². The highest BCUT2D eigenvalue weighted by Gasteiger charge is 2.24. The van der Waals surface area contributed by atoms with Crippen LogP contribution in [-0.4, -0.2) is 11.2 Å². The van der Waals surface area contributed by atoms with Crippen molar-refractivity contribution in [1.29, 1.82) is 0 Å². The zero-order valence-electron chi connectivity index (χ0n) is 5.50. The average Bonchev–Trinajstić information content (AvgIpc) is 1.85. The average molecular weight is 160 g/mol. The Balaban J connectivity index is 2.66. The van der Waals surface area contributed by atoms with Crippen molar-refractivity contribution in [2.45, 2.75) is 6.23 Å². The van der Waals surface area contributed by atoms with Crippen molar-refractivity contribution >= 4 is 0 Å². The van der Waals surface area contributed by atoms with E-state index in [2.05, 4.69) is 15.5 Å². The predicted molar refractivity (Wildman–Crippen MR) is 34.0 cm³/mol. The van der Waals surface area contributed by atoms with Crippen molar-refractivity contribution in [3.05, 3.63) is 24.4 Å². The second-order valence-electron chi connectivity index (χ2n) is 1.83. The number of alkyl halides is 2. The first-order chi connectivity index (χ1) is 5.08. The summed E-state index contributed by atoms with van der Waals surface area (Å²) in [7, 11) is 0. The van der Waals surface area contributed by atoms with Crippen LogP contribution < -0.4 is 10.5 Å². The lowest BCUT2D eigenvalue weighted by Crippen LogP contribution is -2.35. The molecule has 2 N–H and O–H groups in total. The maximum absolute atomic E-state index is 11.9. The van der Waals surface area contributed by atoms with Gasteiger partial charge in [0.1, 0.15) is 0 Å². The predicted octanol–water partition coefficient (Wildman–Crippen LogP) is 0.969. The Hall–Kier alpha value is -1.23. The molecular formula is C6H6F2N2O. The molecule has 0 bridgehead atoms. The van der Waals surface area contributed by atoms with E-state index in [1.807, 2.05) is 0 Å². The number of pyridine rings is 1. The first-order valence-corrected chi connectivity index (χ1v) is 2.85. The topological polar surface area (TPSA) is 48.1 Å². The fraction of sp³-hybridized carbons (Fsp3) is 0.167. The lowest BCUT2D eigenvalue weighted by atomic mass is 10.5. The SMILES string of the molecule is NC(F)(F)Oc1ccccn1. The van der Waals surface area contributed by atoms with Gasteiger partial charge < -0.3 is 4.74 Å². The maximum atomic E-state index is 11.9. The lowest BCUT2D eigenvalue weighted by molar-refractivity contribution is -0.172. The first kappa shape index (κ1) is 7.87. The van der Waals surface area contributed by atoms with Gasteiger partial charge in [-0.3, -0.25) is 0 Å². The lowest BCUT2D eigenvalue weighted by Gasteiger charge is -2.10. The van der Waals surface area contributed by atoms with E-state index >= 15 is 0 Å². The van der Waals surface area contributed by atoms with Crippen LogP contribution in [0, 0.1) is 0 Å². The Bertz CT molecular complexity index is 222. The smallest absolute Gasteiger partial charge is 0.402 e. The molecule has 1 aromatic heterocycles. The summed E-state index contributed by atoms with van der Waals surface area (Å²) < 4.78 is 27.8. The normalized spacial score (nSPS) is 11.2. The van der Waals surface area contributed by atoms with Gasteiger partial charge in [0.2, 0.25) is 5.88 Å². The summed E-state index contributed by atoms with van der Waals surface area (Å²) in [5.74, 6) is -0.194. The summed E-state index contributed by atoms with van der Waals surface area (Å²) in [5.41, 5.74) is 4.27. The van der Waals surface area contributed by atoms with E-state index in [-0.39, 0.29) is 5.88 Å². The summed E-state index contributed by atoms with van der Waals surface area (Å²) in [6.07, 6.45) is -2.32. The Morgan fingerprint density at radius 3 is 2.64 bits per heavy atom. The number of nitrogens with two attached hydrogens (primary N) is 1. The number of halogens is 2. The molecule has 0 aliphatic carbocycles. The third-order valence-electron chi connectivity index (χ3n) is 0.878. The number of ether oxygens (including phenoxy) is 1. The van der Waals surface area contributed by atoms with Crippen molar-refractivity contribution in [2.75, 3.05) is 0 Å². The molecule has 3 nitrogen and oxygen atoms in total. The molecule has 1 rings (SSSR count). The molecule has 0 atom stereocenters. The fourth-order valence-corrected chi connectivity index (χ4v) is 0.547. The highest BCUT2D eigenvalue weighted by molar-refractivity contribution is 5.09. The number of hydrogen-bond acceptors (Lipinski definition) is 3. The van der Waals surface area contributed by atoms with Gasteiger partial charge in [0, 0.05) is 12.3 Å². The maximum Gasteiger partial charge on any atom is 0.467 e. The van der Waals surface area contributed by atoms with Gasteiger partial charge in [0.15, 0.2) is 0 Å². The molecule has 0 aliphatic heterocycles. The molecule has 0 fully saturated rings. The Morgan fingerprint density at radius 1 is 1.45 bits per heavy atom. The van der Waals surface area contributed by atoms with Crippen LogP contribution in [0.4, 0.5) is 8.78 Å². The van der Waals surface area contributed by atoms with E-state index in [1.54, 1.807) is 6.07 Å². The quantitative estimate of drug-likeness (QED) is 0.518. The largest absolute Gasteiger partial charge is 0.467 e. The van der Waals surface area contributed by atoms with Crippen LogP contribution in [0.1, 0.15) is 0 Å². The van der Waals surface area contributed by atoms with Gasteiger partial charge in [-0.25, -0.2) is 10.7 Å². The van der Waals surface area contributed by atoms with Gasteiger partial charge in [-0.15, -0.1) is 8.78 Å². The van der Waals surface area contributed by atoms with Crippen LogP contribution in [0.15, 0.2) is 24.4 Å². The second-order valence-corrected chi connectivity index (χ2v) is 1.83. The minimum absolute atomic E-state index is 0.194. The van der Waals surface area contributed by atoms with Crippen LogP contribution in [0.5, 0.6) is 5.88 Å². The van der Waals surface area contributed by atoms with Crippen LogP contribution in [-0.2, 0) is 0 Å². The molecule has 11 heavy (non-hydrogen) atoms. The number of nitrogens with zero attached hydrogens (tertiary/aromatic N) is 1.